The number of hydrogen-bond donors (Lipinski definition) is 2. The van der Waals surface area contributed by atoms with Gasteiger partial charge in [0.2, 0.25) is 0 Å². The fourth-order valence-corrected chi connectivity index (χ4v) is 6.52. The summed E-state index contributed by atoms with van der Waals surface area (Å²) >= 11 is 0. The maximum Gasteiger partial charge on any atom is 1.00 e. The summed E-state index contributed by atoms with van der Waals surface area (Å²) in [4.78, 5) is 44.8. The predicted molar refractivity (Wildman–Crippen MR) is 228 cm³/mol. The number of aliphatic hydroxyl groups excluding tert-OH is 2. The third-order valence-corrected chi connectivity index (χ3v) is 19.2. The summed E-state index contributed by atoms with van der Waals surface area (Å²) in [6, 6.07) is 0. The average molecular weight is 899 g/mol. The molecule has 0 aliphatic rings. The minimum absolute atomic E-state index is 0. The van der Waals surface area contributed by atoms with Crippen LogP contribution in [0.15, 0.2) is 23.3 Å². The quantitative estimate of drug-likeness (QED) is 0.0410. The predicted octanol–water partition coefficient (Wildman–Crippen LogP) is 2.94. The molecule has 0 amide bonds. The molecule has 0 radical (unpaired) electrons. The summed E-state index contributed by atoms with van der Waals surface area (Å²) in [5.74, 6) is 0.431. The van der Waals surface area contributed by atoms with Gasteiger partial charge in [-0.2, -0.15) is 0 Å². The number of ether oxygens (including phenoxy) is 1. The van der Waals surface area contributed by atoms with Crippen LogP contribution in [0.2, 0.25) is 36.3 Å². The van der Waals surface area contributed by atoms with Crippen molar-refractivity contribution in [2.75, 3.05) is 20.3 Å². The maximum absolute atomic E-state index is 11.5. The third kappa shape index (κ3) is 39.8. The van der Waals surface area contributed by atoms with E-state index in [4.69, 9.17) is 28.7 Å². The summed E-state index contributed by atoms with van der Waals surface area (Å²) in [6.07, 6.45) is 9.92. The van der Waals surface area contributed by atoms with Crippen LogP contribution in [0.4, 0.5) is 0 Å². The molecule has 0 fully saturated rings. The molecule has 0 saturated carbocycles. The van der Waals surface area contributed by atoms with Crippen LogP contribution in [0.1, 0.15) is 143 Å². The molecule has 0 aliphatic carbocycles. The van der Waals surface area contributed by atoms with Crippen LogP contribution in [-0.2, 0) is 37.7 Å². The van der Waals surface area contributed by atoms with E-state index in [-0.39, 0.29) is 132 Å². The monoisotopic (exact) mass is 898 g/mol. The van der Waals surface area contributed by atoms with Gasteiger partial charge in [-0.3, -0.25) is 19.2 Å². The second-order valence-electron chi connectivity index (χ2n) is 17.7. The zero-order valence-corrected chi connectivity index (χ0v) is 48.4. The number of Topliss-reactive ketones (excluding diaryl/α,β-unsaturated/α-hetero) is 2. The van der Waals surface area contributed by atoms with Gasteiger partial charge in [0.15, 0.2) is 34.3 Å². The Morgan fingerprint density at radius 2 is 1.04 bits per heavy atom. The number of carbonyl (C=O) groups excluding carboxylic acids is 4. The normalized spacial score (nSPS) is 14.1. The van der Waals surface area contributed by atoms with E-state index in [1.54, 1.807) is 0 Å². The van der Waals surface area contributed by atoms with Crippen molar-refractivity contribution in [3.63, 3.8) is 0 Å². The number of allylic oxidation sites excluding steroid dienone is 2. The number of hydrogen-bond acceptors (Lipinski definition) is 11. The molecule has 0 aliphatic heterocycles. The molecule has 2 N–H and O–H groups in total. The molecular weight excluding hydrogens is 815 g/mol. The van der Waals surface area contributed by atoms with Gasteiger partial charge < -0.3 is 35.4 Å². The van der Waals surface area contributed by atoms with Crippen molar-refractivity contribution >= 4 is 40.6 Å². The van der Waals surface area contributed by atoms with E-state index in [0.717, 1.165) is 58.8 Å². The Hall–Kier alpha value is 1.27. The molecule has 0 saturated heterocycles. The van der Waals surface area contributed by atoms with Crippen molar-refractivity contribution in [3.05, 3.63) is 23.3 Å². The Balaban J connectivity index is -0.000000151. The number of ketones is 2. The van der Waals surface area contributed by atoms with E-state index in [0.29, 0.717) is 24.7 Å². The van der Waals surface area contributed by atoms with Crippen LogP contribution in [0.3, 0.4) is 0 Å². The van der Waals surface area contributed by atoms with Crippen molar-refractivity contribution in [1.29, 1.82) is 0 Å². The molecule has 15 heteroatoms. The molecule has 2 unspecified atom stereocenters. The van der Waals surface area contributed by atoms with Crippen LogP contribution < -0.4 is 108 Å². The first-order chi connectivity index (χ1) is 25.0. The van der Waals surface area contributed by atoms with Crippen LogP contribution >= 0.6 is 0 Å². The number of esters is 1. The topological polar surface area (TPSA) is 169 Å². The second kappa shape index (κ2) is 37.8. The van der Waals surface area contributed by atoms with E-state index < -0.39 is 34.8 Å². The zero-order chi connectivity index (χ0) is 44.2. The Bertz CT molecular complexity index is 1140. The summed E-state index contributed by atoms with van der Waals surface area (Å²) < 4.78 is 17.6. The molecule has 11 nitrogen and oxygen atoms in total. The summed E-state index contributed by atoms with van der Waals surface area (Å²) in [6.45, 7) is 37.2. The third-order valence-electron chi connectivity index (χ3n) is 10.2. The average Bonchev–Trinajstić information content (AvgIpc) is 3.07. The summed E-state index contributed by atoms with van der Waals surface area (Å²) in [5.41, 5.74) is 2.49. The van der Waals surface area contributed by atoms with Gasteiger partial charge in [0.1, 0.15) is 6.10 Å². The maximum atomic E-state index is 11.5. The van der Waals surface area contributed by atoms with Gasteiger partial charge in [-0.1, -0.05) is 78.7 Å². The first kappa shape index (κ1) is 69.9. The second-order valence-corrected chi connectivity index (χ2v) is 27.4. The first-order valence-electron chi connectivity index (χ1n) is 19.7. The largest absolute Gasteiger partial charge is 1.00 e. The van der Waals surface area contributed by atoms with Crippen molar-refractivity contribution in [2.24, 2.45) is 11.8 Å². The molecule has 57 heavy (non-hydrogen) atoms. The molecular formula is C42H84K2O11Si2. The van der Waals surface area contributed by atoms with Gasteiger partial charge in [0, 0.05) is 33.7 Å². The molecule has 0 rings (SSSR count). The summed E-state index contributed by atoms with van der Waals surface area (Å²) in [5, 5.41) is 25.4. The molecule has 0 spiro atoms. The fraction of sp³-hybridized carbons (Fsp3) is 0.810. The van der Waals surface area contributed by atoms with E-state index in [2.05, 4.69) is 100 Å². The molecule has 0 aromatic rings. The van der Waals surface area contributed by atoms with Crippen molar-refractivity contribution < 1.29 is 157 Å². The number of carbonyl (C=O) groups is 4. The van der Waals surface area contributed by atoms with Gasteiger partial charge in [-0.15, -0.1) is 0 Å². The molecule has 4 atom stereocenters. The zero-order valence-electron chi connectivity index (χ0n) is 41.2. The van der Waals surface area contributed by atoms with Crippen LogP contribution in [0.25, 0.3) is 0 Å². The first-order valence-corrected chi connectivity index (χ1v) is 25.5. The van der Waals surface area contributed by atoms with Crippen molar-refractivity contribution in [3.8, 4) is 0 Å². The van der Waals surface area contributed by atoms with Gasteiger partial charge in [-0.25, -0.2) is 0 Å². The Morgan fingerprint density at radius 1 is 0.702 bits per heavy atom. The van der Waals surface area contributed by atoms with Crippen molar-refractivity contribution in [2.45, 2.75) is 190 Å². The van der Waals surface area contributed by atoms with Gasteiger partial charge >= 0.3 is 109 Å². The molecule has 328 valence electrons. The van der Waals surface area contributed by atoms with Gasteiger partial charge in [0.25, 0.3) is 6.47 Å². The van der Waals surface area contributed by atoms with Crippen molar-refractivity contribution in [1.82, 2.24) is 0 Å². The molecule has 0 aromatic heterocycles. The smallest absolute Gasteiger partial charge is 1.00 e. The van der Waals surface area contributed by atoms with E-state index in [1.165, 1.54) is 31.9 Å². The van der Waals surface area contributed by atoms with E-state index >= 15 is 0 Å². The molecule has 0 aromatic carbocycles. The number of aliphatic hydroxyl groups is 2. The Morgan fingerprint density at radius 3 is 1.30 bits per heavy atom. The van der Waals surface area contributed by atoms with Crippen LogP contribution in [0, 0.1) is 11.8 Å². The van der Waals surface area contributed by atoms with Gasteiger partial charge in [-0.05, 0) is 121 Å². The van der Waals surface area contributed by atoms with Crippen LogP contribution in [0.5, 0.6) is 0 Å². The summed E-state index contributed by atoms with van der Waals surface area (Å²) in [7, 11) is -2.30. The molecule has 0 bridgehead atoms. The fourth-order valence-electron chi connectivity index (χ4n) is 4.25. The standard InChI is InChI=1S/C21H40O4Si.C19H38O3Si.CH2O3.CH4O.2K.H/c1-16(13-14-20(18(3)22)25-19(4)23)11-10-12-17(2)15-24-26(8,9)21(5,6)7;1-15(12-13-18(21)17(3)20)10-9-11-16(2)14-22-23(7,8)19(4,5)6;2-1-4-3;1-2;;;/h13,17,20H,10-12,14-15H2,1-9H3;12,16,18,21H,9-11,13-14H2,1-8H3;1,3H;2H,1H3;;;/q;;;;2*+1;-1/p-1/b16-13-;15-12-;;;;;/t17-,20?;16-,18?;;;;;/m00...../s1. The minimum Gasteiger partial charge on any atom is -1.00 e. The Labute approximate surface area is 437 Å². The van der Waals surface area contributed by atoms with E-state index in [9.17, 15) is 19.5 Å². The SMILES string of the molecule is CC(=O)C(O)C/C=C(/C)CCC[C@H](C)CO[Si](C)(C)C(C)(C)C.CC(=O)OC(C/C=C(/C)CCC[C@H](C)CO[Si](C)(C)C(C)(C)C)C(C)=O.CO.O=CO[O-].[H-].[K+].[K+]. The van der Waals surface area contributed by atoms with E-state index in [1.807, 2.05) is 12.2 Å². The van der Waals surface area contributed by atoms with Gasteiger partial charge in [0.05, 0.1) is 0 Å². The van der Waals surface area contributed by atoms with Crippen LogP contribution in [-0.4, -0.2) is 83.4 Å². The Kier molecular flexibility index (Phi) is 46.4. The number of rotatable bonds is 22. The molecule has 0 heterocycles. The minimum atomic E-state index is -1.66.